The van der Waals surface area contributed by atoms with Gasteiger partial charge in [-0.1, -0.05) is 37.1 Å². The van der Waals surface area contributed by atoms with E-state index >= 15 is 0 Å². The third-order valence-corrected chi connectivity index (χ3v) is 6.60. The maximum atomic E-state index is 11.4. The average molecular weight is 491 g/mol. The Balaban J connectivity index is 0.000000409. The minimum atomic E-state index is -0.349. The standard InChI is InChI=1S/C18H25ClN2O.C8H15NO.CH3N/c1-20(2)9-15-14(4-5-17(19)16(15)10-22)6-13-7-18(8-13)11-21(3)12-18;1-6(2)4-7(3)5-8(9)10;1-2/h4-5,10,13H,6-9,11-12H2,1-3H3;5-6H,4H2,1-3H3,(H2,9,10);2H,1H2/b;7-5+;. The molecule has 0 aromatic heterocycles. The molecule has 1 aromatic rings. The fourth-order valence-electron chi connectivity index (χ4n) is 5.43. The number of primary amides is 1. The Bertz CT molecular complexity index is 852. The van der Waals surface area contributed by atoms with Crippen molar-refractivity contribution in [2.75, 3.05) is 34.2 Å². The molecule has 3 rings (SSSR count). The lowest BCUT2D eigenvalue weighted by atomic mass is 9.56. The van der Waals surface area contributed by atoms with Crippen LogP contribution in [0.4, 0.5) is 0 Å². The Morgan fingerprint density at radius 3 is 2.35 bits per heavy atom. The minimum absolute atomic E-state index is 0.349. The molecular weight excluding hydrogens is 448 g/mol. The fourth-order valence-corrected chi connectivity index (χ4v) is 5.65. The van der Waals surface area contributed by atoms with Gasteiger partial charge in [-0.2, -0.15) is 0 Å². The minimum Gasteiger partial charge on any atom is -0.366 e. The molecule has 34 heavy (non-hydrogen) atoms. The molecule has 1 spiro atoms. The van der Waals surface area contributed by atoms with E-state index in [-0.39, 0.29) is 5.91 Å². The van der Waals surface area contributed by atoms with E-state index in [1.54, 1.807) is 0 Å². The van der Waals surface area contributed by atoms with Crippen LogP contribution in [0.5, 0.6) is 0 Å². The van der Waals surface area contributed by atoms with Crippen LogP contribution >= 0.6 is 11.6 Å². The van der Waals surface area contributed by atoms with Crippen LogP contribution < -0.4 is 5.73 Å². The van der Waals surface area contributed by atoms with Gasteiger partial charge in [-0.25, -0.2) is 0 Å². The van der Waals surface area contributed by atoms with Crippen molar-refractivity contribution in [3.05, 3.63) is 45.5 Å². The van der Waals surface area contributed by atoms with Crippen molar-refractivity contribution < 1.29 is 9.59 Å². The molecular formula is C27H43ClN4O2. The number of rotatable bonds is 8. The lowest BCUT2D eigenvalue weighted by molar-refractivity contribution is -0.113. The highest BCUT2D eigenvalue weighted by Crippen LogP contribution is 2.52. The third-order valence-electron chi connectivity index (χ3n) is 6.27. The molecule has 1 aliphatic carbocycles. The molecule has 7 heteroatoms. The first kappa shape index (κ1) is 30.0. The summed E-state index contributed by atoms with van der Waals surface area (Å²) >= 11 is 6.21. The van der Waals surface area contributed by atoms with E-state index in [2.05, 4.69) is 43.5 Å². The number of hydrogen-bond donors (Lipinski definition) is 2. The smallest absolute Gasteiger partial charge is 0.241 e. The first-order valence-corrected chi connectivity index (χ1v) is 12.2. The van der Waals surface area contributed by atoms with Crippen LogP contribution in [0.3, 0.4) is 0 Å². The molecule has 0 radical (unpaired) electrons. The van der Waals surface area contributed by atoms with E-state index in [9.17, 15) is 9.59 Å². The second-order valence-electron chi connectivity index (χ2n) is 10.6. The second-order valence-corrected chi connectivity index (χ2v) is 11.0. The normalized spacial score (nSPS) is 17.3. The molecule has 1 heterocycles. The van der Waals surface area contributed by atoms with Gasteiger partial charge in [0.25, 0.3) is 0 Å². The number of likely N-dealkylation sites (tertiary alicyclic amines) is 1. The molecule has 0 unspecified atom stereocenters. The first-order valence-electron chi connectivity index (χ1n) is 11.9. The van der Waals surface area contributed by atoms with Crippen molar-refractivity contribution >= 4 is 30.5 Å². The molecule has 1 saturated heterocycles. The lowest BCUT2D eigenvalue weighted by Crippen LogP contribution is -2.60. The zero-order valence-electron chi connectivity index (χ0n) is 21.8. The number of aldehydes is 1. The Hall–Kier alpha value is -2.02. The molecule has 3 N–H and O–H groups in total. The fraction of sp³-hybridized carbons (Fsp3) is 0.593. The zero-order chi connectivity index (χ0) is 26.1. The maximum absolute atomic E-state index is 11.4. The Morgan fingerprint density at radius 1 is 1.32 bits per heavy atom. The Morgan fingerprint density at radius 2 is 1.91 bits per heavy atom. The van der Waals surface area contributed by atoms with E-state index in [0.717, 1.165) is 42.7 Å². The summed E-state index contributed by atoms with van der Waals surface area (Å²) in [7, 11) is 6.26. The number of halogens is 1. The van der Waals surface area contributed by atoms with Gasteiger partial charge in [-0.3, -0.25) is 9.59 Å². The molecule has 2 fully saturated rings. The van der Waals surface area contributed by atoms with Crippen molar-refractivity contribution in [2.45, 2.75) is 53.0 Å². The molecule has 0 bridgehead atoms. The summed E-state index contributed by atoms with van der Waals surface area (Å²) in [5.74, 6) is 1.00. The van der Waals surface area contributed by atoms with Crippen molar-refractivity contribution in [3.8, 4) is 0 Å². The summed E-state index contributed by atoms with van der Waals surface area (Å²) < 4.78 is 0. The van der Waals surface area contributed by atoms with Crippen LogP contribution in [0.1, 0.15) is 61.5 Å². The van der Waals surface area contributed by atoms with Gasteiger partial charge < -0.3 is 20.9 Å². The van der Waals surface area contributed by atoms with Gasteiger partial charge in [-0.05, 0) is 94.9 Å². The third kappa shape index (κ3) is 8.97. The monoisotopic (exact) mass is 490 g/mol. The number of carbonyl (C=O) groups excluding carboxylic acids is 2. The number of nitrogens with one attached hydrogen (secondary N) is 1. The summed E-state index contributed by atoms with van der Waals surface area (Å²) in [5, 5.41) is 6.07. The van der Waals surface area contributed by atoms with Gasteiger partial charge >= 0.3 is 0 Å². The highest BCUT2D eigenvalue weighted by atomic mass is 35.5. The number of amides is 1. The van der Waals surface area contributed by atoms with Crippen molar-refractivity contribution in [1.29, 1.82) is 5.41 Å². The average Bonchev–Trinajstić information content (AvgIpc) is 2.67. The number of nitrogens with two attached hydrogens (primary N) is 1. The van der Waals surface area contributed by atoms with E-state index in [1.165, 1.54) is 37.6 Å². The molecule has 1 amide bonds. The van der Waals surface area contributed by atoms with E-state index in [0.29, 0.717) is 21.9 Å². The summed E-state index contributed by atoms with van der Waals surface area (Å²) in [6, 6.07) is 4.00. The van der Waals surface area contributed by atoms with E-state index in [4.69, 9.17) is 22.7 Å². The number of carbonyl (C=O) groups is 2. The molecule has 2 aliphatic rings. The van der Waals surface area contributed by atoms with E-state index in [1.807, 2.05) is 27.1 Å². The summed E-state index contributed by atoms with van der Waals surface area (Å²) in [6.07, 6.45) is 7.08. The topological polar surface area (TPSA) is 90.5 Å². The predicted molar refractivity (Wildman–Crippen MR) is 143 cm³/mol. The highest BCUT2D eigenvalue weighted by Gasteiger charge is 2.50. The molecule has 190 valence electrons. The van der Waals surface area contributed by atoms with Gasteiger partial charge in [0.15, 0.2) is 6.29 Å². The predicted octanol–water partition coefficient (Wildman–Crippen LogP) is 4.83. The maximum Gasteiger partial charge on any atom is 0.241 e. The SMILES string of the molecule is C/C(=C\C(N)=O)CC(C)C.C=N.CN(C)Cc1c(CC2CC3(C2)CN(C)C3)ccc(Cl)c1C=O. The molecule has 1 aliphatic heterocycles. The quantitative estimate of drug-likeness (QED) is 0.310. The number of benzene rings is 1. The zero-order valence-corrected chi connectivity index (χ0v) is 22.5. The number of hydrogen-bond acceptors (Lipinski definition) is 5. The number of nitrogens with zero attached hydrogens (tertiary/aromatic N) is 2. The lowest BCUT2D eigenvalue weighted by Gasteiger charge is -2.58. The van der Waals surface area contributed by atoms with Crippen LogP contribution in [-0.4, -0.2) is 62.9 Å². The summed E-state index contributed by atoms with van der Waals surface area (Å²) in [6.45, 7) is 11.9. The van der Waals surface area contributed by atoms with Crippen molar-refractivity contribution in [2.24, 2.45) is 23.0 Å². The molecule has 1 saturated carbocycles. The highest BCUT2D eigenvalue weighted by molar-refractivity contribution is 6.33. The first-order chi connectivity index (χ1) is 15.9. The van der Waals surface area contributed by atoms with Crippen LogP contribution in [-0.2, 0) is 17.8 Å². The largest absolute Gasteiger partial charge is 0.366 e. The van der Waals surface area contributed by atoms with Gasteiger partial charge in [0, 0.05) is 31.3 Å². The van der Waals surface area contributed by atoms with Gasteiger partial charge in [-0.15, -0.1) is 0 Å². The van der Waals surface area contributed by atoms with E-state index < -0.39 is 0 Å². The van der Waals surface area contributed by atoms with Gasteiger partial charge in [0.1, 0.15) is 0 Å². The van der Waals surface area contributed by atoms with Crippen molar-refractivity contribution in [3.63, 3.8) is 0 Å². The Kier molecular flexibility index (Phi) is 12.1. The summed E-state index contributed by atoms with van der Waals surface area (Å²) in [4.78, 5) is 26.3. The van der Waals surface area contributed by atoms with Crippen LogP contribution in [0.15, 0.2) is 23.8 Å². The van der Waals surface area contributed by atoms with Crippen LogP contribution in [0.25, 0.3) is 0 Å². The van der Waals surface area contributed by atoms with Gasteiger partial charge in [0.2, 0.25) is 5.91 Å². The summed E-state index contributed by atoms with van der Waals surface area (Å²) in [5.41, 5.74) is 9.70. The van der Waals surface area contributed by atoms with Crippen LogP contribution in [0, 0.1) is 22.7 Å². The number of allylic oxidation sites excluding steroid dienone is 1. The molecule has 6 nitrogen and oxygen atoms in total. The van der Waals surface area contributed by atoms with Crippen LogP contribution in [0.2, 0.25) is 5.02 Å². The molecule has 1 aromatic carbocycles. The van der Waals surface area contributed by atoms with Gasteiger partial charge in [0.05, 0.1) is 5.02 Å². The second kappa shape index (κ2) is 13.8. The van der Waals surface area contributed by atoms with Crippen molar-refractivity contribution in [1.82, 2.24) is 9.80 Å². The molecule has 0 atom stereocenters. The Labute approximate surface area is 211 Å².